The molecule has 2 amide bonds. The van der Waals surface area contributed by atoms with Gasteiger partial charge in [-0.05, 0) is 25.5 Å². The number of rotatable bonds is 5. The van der Waals surface area contributed by atoms with Crippen LogP contribution in [0.3, 0.4) is 0 Å². The summed E-state index contributed by atoms with van der Waals surface area (Å²) in [7, 11) is 0. The van der Waals surface area contributed by atoms with E-state index in [4.69, 9.17) is 0 Å². The number of nitrogens with one attached hydrogen (secondary N) is 2. The number of unbranched alkanes of at least 4 members (excludes halogenated alkanes) is 3. The number of piperidine rings is 1. The summed E-state index contributed by atoms with van der Waals surface area (Å²) in [6.45, 7) is 5.56. The van der Waals surface area contributed by atoms with Crippen molar-refractivity contribution in [1.29, 1.82) is 0 Å². The first-order valence-corrected chi connectivity index (χ1v) is 9.52. The number of anilines is 1. The number of aryl methyl sites for hydroxylation is 1. The van der Waals surface area contributed by atoms with Gasteiger partial charge in [0.1, 0.15) is 5.66 Å². The molecule has 5 heteroatoms. The predicted octanol–water partition coefficient (Wildman–Crippen LogP) is 3.44. The molecule has 0 unspecified atom stereocenters. The van der Waals surface area contributed by atoms with E-state index in [1.165, 1.54) is 12.8 Å². The molecule has 0 saturated carbocycles. The normalized spacial score (nSPS) is 18.5. The molecule has 5 nitrogen and oxygen atoms in total. The van der Waals surface area contributed by atoms with Crippen LogP contribution in [0.25, 0.3) is 0 Å². The van der Waals surface area contributed by atoms with Gasteiger partial charge in [-0.15, -0.1) is 0 Å². The third kappa shape index (κ3) is 3.97. The molecular formula is C20H29N3O2. The van der Waals surface area contributed by atoms with Crippen LogP contribution in [0.1, 0.15) is 67.8 Å². The quantitative estimate of drug-likeness (QED) is 0.805. The number of fused-ring (bicyclic) bond motifs is 1. The molecule has 25 heavy (non-hydrogen) atoms. The van der Waals surface area contributed by atoms with Crippen molar-refractivity contribution in [2.45, 2.75) is 64.5 Å². The minimum atomic E-state index is -0.418. The SMILES string of the molecule is CCCCCCC(=O)N1CCC2(CC1)NC(=O)c1cc(C)ccc1N2. The number of likely N-dealkylation sites (tertiary alicyclic amines) is 1. The fraction of sp³-hybridized carbons (Fsp3) is 0.600. The molecule has 0 atom stereocenters. The van der Waals surface area contributed by atoms with E-state index in [0.29, 0.717) is 25.1 Å². The van der Waals surface area contributed by atoms with Gasteiger partial charge in [-0.1, -0.05) is 37.8 Å². The van der Waals surface area contributed by atoms with E-state index in [1.807, 2.05) is 30.0 Å². The van der Waals surface area contributed by atoms with E-state index >= 15 is 0 Å². The first kappa shape index (κ1) is 17.8. The molecule has 0 aromatic heterocycles. The summed E-state index contributed by atoms with van der Waals surface area (Å²) < 4.78 is 0. The number of hydrogen-bond acceptors (Lipinski definition) is 3. The molecule has 3 rings (SSSR count). The average Bonchev–Trinajstić information content (AvgIpc) is 2.60. The van der Waals surface area contributed by atoms with Crippen LogP contribution in [0.5, 0.6) is 0 Å². The van der Waals surface area contributed by atoms with Crippen LogP contribution >= 0.6 is 0 Å². The van der Waals surface area contributed by atoms with E-state index in [2.05, 4.69) is 17.6 Å². The highest BCUT2D eigenvalue weighted by Crippen LogP contribution is 2.32. The van der Waals surface area contributed by atoms with Gasteiger partial charge in [0.05, 0.1) is 5.56 Å². The summed E-state index contributed by atoms with van der Waals surface area (Å²) in [5.74, 6) is 0.237. The third-order valence-corrected chi connectivity index (χ3v) is 5.36. The standard InChI is InChI=1S/C20H29N3O2/c1-3-4-5-6-7-18(24)23-12-10-20(11-13-23)21-17-9-8-15(2)14-16(17)19(25)22-20/h8-9,14,21H,3-7,10-13H2,1-2H3,(H,22,25). The molecule has 2 aliphatic rings. The van der Waals surface area contributed by atoms with Crippen LogP contribution < -0.4 is 10.6 Å². The Bertz CT molecular complexity index is 648. The van der Waals surface area contributed by atoms with Crippen molar-refractivity contribution < 1.29 is 9.59 Å². The average molecular weight is 343 g/mol. The van der Waals surface area contributed by atoms with Crippen molar-refractivity contribution in [2.75, 3.05) is 18.4 Å². The highest BCUT2D eigenvalue weighted by atomic mass is 16.2. The summed E-state index contributed by atoms with van der Waals surface area (Å²) in [6.07, 6.45) is 6.64. The molecule has 1 aromatic carbocycles. The van der Waals surface area contributed by atoms with Crippen molar-refractivity contribution in [1.82, 2.24) is 10.2 Å². The molecular weight excluding hydrogens is 314 g/mol. The number of amides is 2. The first-order chi connectivity index (χ1) is 12.0. The van der Waals surface area contributed by atoms with Crippen molar-refractivity contribution in [3.05, 3.63) is 29.3 Å². The number of carbonyl (C=O) groups is 2. The zero-order chi connectivity index (χ0) is 17.9. The third-order valence-electron chi connectivity index (χ3n) is 5.36. The second kappa shape index (κ2) is 7.46. The Balaban J connectivity index is 1.57. The van der Waals surface area contributed by atoms with Gasteiger partial charge in [-0.2, -0.15) is 0 Å². The summed E-state index contributed by atoms with van der Waals surface area (Å²) in [5.41, 5.74) is 2.27. The van der Waals surface area contributed by atoms with Crippen molar-refractivity contribution in [2.24, 2.45) is 0 Å². The lowest BCUT2D eigenvalue weighted by atomic mass is 9.91. The van der Waals surface area contributed by atoms with Crippen LogP contribution in [0.4, 0.5) is 5.69 Å². The van der Waals surface area contributed by atoms with Gasteiger partial charge in [0.15, 0.2) is 0 Å². The van der Waals surface area contributed by atoms with E-state index < -0.39 is 5.66 Å². The monoisotopic (exact) mass is 343 g/mol. The number of nitrogens with zero attached hydrogens (tertiary/aromatic N) is 1. The maximum atomic E-state index is 12.5. The fourth-order valence-electron chi connectivity index (χ4n) is 3.78. The lowest BCUT2D eigenvalue weighted by Crippen LogP contribution is -2.62. The van der Waals surface area contributed by atoms with Gasteiger partial charge in [0, 0.05) is 38.0 Å². The van der Waals surface area contributed by atoms with Gasteiger partial charge < -0.3 is 15.5 Å². The van der Waals surface area contributed by atoms with E-state index in [9.17, 15) is 9.59 Å². The molecule has 1 fully saturated rings. The zero-order valence-electron chi connectivity index (χ0n) is 15.4. The number of hydrogen-bond donors (Lipinski definition) is 2. The summed E-state index contributed by atoms with van der Waals surface area (Å²) >= 11 is 0. The van der Waals surface area contributed by atoms with Gasteiger partial charge in [-0.3, -0.25) is 9.59 Å². The largest absolute Gasteiger partial charge is 0.362 e. The Morgan fingerprint density at radius 2 is 1.92 bits per heavy atom. The molecule has 2 aliphatic heterocycles. The molecule has 136 valence electrons. The van der Waals surface area contributed by atoms with Crippen LogP contribution in [0.15, 0.2) is 18.2 Å². The smallest absolute Gasteiger partial charge is 0.255 e. The molecule has 0 aliphatic carbocycles. The predicted molar refractivity (Wildman–Crippen MR) is 99.6 cm³/mol. The molecule has 0 radical (unpaired) electrons. The van der Waals surface area contributed by atoms with Gasteiger partial charge in [0.25, 0.3) is 5.91 Å². The van der Waals surface area contributed by atoms with Gasteiger partial charge >= 0.3 is 0 Å². The summed E-state index contributed by atoms with van der Waals surface area (Å²) in [4.78, 5) is 26.8. The summed E-state index contributed by atoms with van der Waals surface area (Å²) in [6, 6.07) is 5.92. The number of benzene rings is 1. The fourth-order valence-corrected chi connectivity index (χ4v) is 3.78. The molecule has 1 aromatic rings. The second-order valence-corrected chi connectivity index (χ2v) is 7.40. The van der Waals surface area contributed by atoms with Crippen LogP contribution in [0, 0.1) is 6.92 Å². The molecule has 0 bridgehead atoms. The van der Waals surface area contributed by atoms with E-state index in [1.54, 1.807) is 0 Å². The van der Waals surface area contributed by atoms with Crippen molar-refractivity contribution >= 4 is 17.5 Å². The topological polar surface area (TPSA) is 61.4 Å². The lowest BCUT2D eigenvalue weighted by molar-refractivity contribution is -0.132. The zero-order valence-corrected chi connectivity index (χ0v) is 15.4. The second-order valence-electron chi connectivity index (χ2n) is 7.40. The van der Waals surface area contributed by atoms with Crippen molar-refractivity contribution in [3.8, 4) is 0 Å². The van der Waals surface area contributed by atoms with Gasteiger partial charge in [-0.25, -0.2) is 0 Å². The first-order valence-electron chi connectivity index (χ1n) is 9.52. The summed E-state index contributed by atoms with van der Waals surface area (Å²) in [5, 5.41) is 6.67. The highest BCUT2D eigenvalue weighted by molar-refractivity contribution is 6.02. The Hall–Kier alpha value is -2.04. The van der Waals surface area contributed by atoms with Crippen LogP contribution in [-0.2, 0) is 4.79 Å². The highest BCUT2D eigenvalue weighted by Gasteiger charge is 2.40. The maximum absolute atomic E-state index is 12.5. The Kier molecular flexibility index (Phi) is 5.30. The Morgan fingerprint density at radius 1 is 1.16 bits per heavy atom. The molecule has 1 spiro atoms. The molecule has 2 heterocycles. The van der Waals surface area contributed by atoms with Gasteiger partial charge in [0.2, 0.25) is 5.91 Å². The number of carbonyl (C=O) groups excluding carboxylic acids is 2. The molecule has 2 N–H and O–H groups in total. The minimum absolute atomic E-state index is 0.0169. The minimum Gasteiger partial charge on any atom is -0.362 e. The van der Waals surface area contributed by atoms with Crippen LogP contribution in [-0.4, -0.2) is 35.5 Å². The lowest BCUT2D eigenvalue weighted by Gasteiger charge is -2.46. The van der Waals surface area contributed by atoms with Crippen LogP contribution in [0.2, 0.25) is 0 Å². The van der Waals surface area contributed by atoms with Crippen molar-refractivity contribution in [3.63, 3.8) is 0 Å². The maximum Gasteiger partial charge on any atom is 0.255 e. The Morgan fingerprint density at radius 3 is 2.64 bits per heavy atom. The molecule has 1 saturated heterocycles. The van der Waals surface area contributed by atoms with E-state index in [-0.39, 0.29) is 11.8 Å². The van der Waals surface area contributed by atoms with E-state index in [0.717, 1.165) is 36.9 Å². The Labute approximate surface area is 150 Å².